The van der Waals surface area contributed by atoms with Crippen molar-refractivity contribution in [1.29, 1.82) is 0 Å². The van der Waals surface area contributed by atoms with Gasteiger partial charge in [0.1, 0.15) is 47.4 Å². The first-order valence-corrected chi connectivity index (χ1v) is 21.5. The van der Waals surface area contributed by atoms with Crippen LogP contribution in [0, 0.1) is 11.8 Å². The Kier molecular flexibility index (Phi) is 13.8. The lowest BCUT2D eigenvalue weighted by Crippen LogP contribution is -2.45. The molecule has 2 aliphatic carbocycles. The molecule has 0 saturated heterocycles. The van der Waals surface area contributed by atoms with Crippen LogP contribution in [0.15, 0.2) is 47.6 Å². The zero-order valence-electron chi connectivity index (χ0n) is 35.0. The van der Waals surface area contributed by atoms with Crippen molar-refractivity contribution in [2.45, 2.75) is 155 Å². The molecule has 54 heavy (non-hydrogen) atoms. The summed E-state index contributed by atoms with van der Waals surface area (Å²) >= 11 is 0. The van der Waals surface area contributed by atoms with E-state index >= 15 is 0 Å². The topological polar surface area (TPSA) is 55.4 Å². The fourth-order valence-electron chi connectivity index (χ4n) is 9.55. The molecule has 6 heteroatoms. The molecule has 2 aromatic rings. The Morgan fingerprint density at radius 2 is 0.981 bits per heavy atom. The summed E-state index contributed by atoms with van der Waals surface area (Å²) in [5, 5.41) is 0. The maximum Gasteiger partial charge on any atom is 0.127 e. The lowest BCUT2D eigenvalue weighted by Gasteiger charge is -2.46. The van der Waals surface area contributed by atoms with E-state index in [2.05, 4.69) is 91.8 Å². The monoisotopic (exact) mass is 743 g/mol. The number of benzene rings is 2. The van der Waals surface area contributed by atoms with Crippen LogP contribution in [0.5, 0.6) is 23.0 Å². The second-order valence-corrected chi connectivity index (χ2v) is 17.6. The van der Waals surface area contributed by atoms with E-state index in [1.807, 2.05) is 0 Å². The first-order chi connectivity index (χ1) is 26.0. The number of aryl methyl sites for hydroxylation is 2. The molecule has 0 saturated carbocycles. The SMILES string of the molecule is CCCCCc1cc(OCCOCCOCCOc2cc(CCCCC)cc3c2[C@@H]2C=C(C)CC[C@H]2C(C)(C)O3)c2c(c1)OC(C)(C)[C@@H]1CCC(C)=C[C@@H]21. The smallest absolute Gasteiger partial charge is 0.127 e. The highest BCUT2D eigenvalue weighted by Crippen LogP contribution is 2.55. The number of unbranched alkanes of at least 4 members (excludes halogenated alkanes) is 4. The predicted octanol–water partition coefficient (Wildman–Crippen LogP) is 11.9. The van der Waals surface area contributed by atoms with Crippen LogP contribution in [-0.2, 0) is 22.3 Å². The number of hydrogen-bond donors (Lipinski definition) is 0. The van der Waals surface area contributed by atoms with Gasteiger partial charge in [0.05, 0.1) is 26.4 Å². The molecule has 2 aromatic carbocycles. The molecule has 6 nitrogen and oxygen atoms in total. The molecule has 0 amide bonds. The molecule has 0 bridgehead atoms. The Bertz CT molecular complexity index is 1500. The highest BCUT2D eigenvalue weighted by atomic mass is 16.6. The number of fused-ring (bicyclic) bond motifs is 6. The summed E-state index contributed by atoms with van der Waals surface area (Å²) in [6.45, 7) is 21.1. The van der Waals surface area contributed by atoms with Crippen LogP contribution >= 0.6 is 0 Å². The Morgan fingerprint density at radius 1 is 0.574 bits per heavy atom. The molecule has 6 rings (SSSR count). The third kappa shape index (κ3) is 9.70. The number of hydrogen-bond acceptors (Lipinski definition) is 6. The van der Waals surface area contributed by atoms with E-state index in [0.29, 0.717) is 63.3 Å². The Balaban J connectivity index is 1.01. The van der Waals surface area contributed by atoms with Crippen LogP contribution in [0.4, 0.5) is 0 Å². The van der Waals surface area contributed by atoms with Crippen LogP contribution < -0.4 is 18.9 Å². The largest absolute Gasteiger partial charge is 0.491 e. The van der Waals surface area contributed by atoms with Crippen molar-refractivity contribution in [1.82, 2.24) is 0 Å². The molecule has 4 aliphatic rings. The average Bonchev–Trinajstić information content (AvgIpc) is 3.11. The van der Waals surface area contributed by atoms with Crippen molar-refractivity contribution < 1.29 is 28.4 Å². The minimum atomic E-state index is -0.208. The van der Waals surface area contributed by atoms with E-state index in [1.54, 1.807) is 0 Å². The van der Waals surface area contributed by atoms with Gasteiger partial charge < -0.3 is 28.4 Å². The fraction of sp³-hybridized carbons (Fsp3) is 0.667. The number of ether oxygens (including phenoxy) is 6. The molecule has 0 aromatic heterocycles. The van der Waals surface area contributed by atoms with Crippen molar-refractivity contribution >= 4 is 0 Å². The van der Waals surface area contributed by atoms with Crippen LogP contribution in [0.25, 0.3) is 0 Å². The first-order valence-electron chi connectivity index (χ1n) is 21.5. The summed E-state index contributed by atoms with van der Waals surface area (Å²) in [4.78, 5) is 0. The van der Waals surface area contributed by atoms with Crippen LogP contribution in [0.3, 0.4) is 0 Å². The highest BCUT2D eigenvalue weighted by molar-refractivity contribution is 5.56. The van der Waals surface area contributed by atoms with Gasteiger partial charge in [0.15, 0.2) is 0 Å². The Labute approximate surface area is 327 Å². The second kappa shape index (κ2) is 18.3. The highest BCUT2D eigenvalue weighted by Gasteiger charge is 2.47. The molecule has 0 N–H and O–H groups in total. The summed E-state index contributed by atoms with van der Waals surface area (Å²) in [7, 11) is 0. The maximum absolute atomic E-state index is 6.74. The van der Waals surface area contributed by atoms with E-state index in [1.165, 1.54) is 71.9 Å². The third-order valence-corrected chi connectivity index (χ3v) is 12.5. The molecule has 2 aliphatic heterocycles. The molecule has 0 spiro atoms. The normalized spacial score (nSPS) is 23.4. The predicted molar refractivity (Wildman–Crippen MR) is 220 cm³/mol. The van der Waals surface area contributed by atoms with Gasteiger partial charge in [0, 0.05) is 34.8 Å². The number of allylic oxidation sites excluding steroid dienone is 4. The van der Waals surface area contributed by atoms with E-state index in [0.717, 1.165) is 61.5 Å². The standard InChI is InChI=1S/C48H70O6/c1-9-11-13-15-35-29-41(45-37-27-33(3)17-19-39(37)47(5,6)53-43(45)31-35)51-25-23-49-21-22-50-24-26-52-42-30-36(16-14-12-10-2)32-44-46(42)38-28-34(4)18-20-40(38)48(7,8)54-44/h27-32,37-40H,9-26H2,1-8H3/t37-,38-,39-,40-/m1/s1. The van der Waals surface area contributed by atoms with Crippen molar-refractivity contribution in [3.05, 3.63) is 69.8 Å². The molecule has 0 fully saturated rings. The van der Waals surface area contributed by atoms with Gasteiger partial charge in [-0.05, 0) is 128 Å². The van der Waals surface area contributed by atoms with Gasteiger partial charge in [-0.15, -0.1) is 0 Å². The minimum Gasteiger partial charge on any atom is -0.491 e. The van der Waals surface area contributed by atoms with Crippen molar-refractivity contribution in [2.24, 2.45) is 11.8 Å². The van der Waals surface area contributed by atoms with E-state index in [4.69, 9.17) is 28.4 Å². The number of rotatable bonds is 19. The second-order valence-electron chi connectivity index (χ2n) is 17.6. The van der Waals surface area contributed by atoms with Gasteiger partial charge in [-0.25, -0.2) is 0 Å². The van der Waals surface area contributed by atoms with Crippen LogP contribution in [-0.4, -0.2) is 50.8 Å². The van der Waals surface area contributed by atoms with Gasteiger partial charge >= 0.3 is 0 Å². The summed E-state index contributed by atoms with van der Waals surface area (Å²) < 4.78 is 38.5. The van der Waals surface area contributed by atoms with Crippen molar-refractivity contribution in [2.75, 3.05) is 39.6 Å². The molecule has 2 heterocycles. The zero-order chi connectivity index (χ0) is 38.3. The molecule has 0 radical (unpaired) electrons. The van der Waals surface area contributed by atoms with Gasteiger partial charge in [-0.1, -0.05) is 62.8 Å². The van der Waals surface area contributed by atoms with E-state index in [-0.39, 0.29) is 11.2 Å². The Morgan fingerprint density at radius 3 is 1.39 bits per heavy atom. The lowest BCUT2D eigenvalue weighted by molar-refractivity contribution is 0.00799. The molecular weight excluding hydrogens is 673 g/mol. The maximum atomic E-state index is 6.74. The summed E-state index contributed by atoms with van der Waals surface area (Å²) in [5.74, 6) is 5.41. The van der Waals surface area contributed by atoms with Crippen LogP contribution in [0.1, 0.15) is 154 Å². The van der Waals surface area contributed by atoms with Gasteiger partial charge in [-0.3, -0.25) is 0 Å². The summed E-state index contributed by atoms with van der Waals surface area (Å²) in [6.07, 6.45) is 18.8. The van der Waals surface area contributed by atoms with Crippen molar-refractivity contribution in [3.8, 4) is 23.0 Å². The van der Waals surface area contributed by atoms with E-state index < -0.39 is 0 Å². The molecule has 298 valence electrons. The lowest BCUT2D eigenvalue weighted by atomic mass is 9.68. The average molecular weight is 743 g/mol. The Hall–Kier alpha value is -2.96. The summed E-state index contributed by atoms with van der Waals surface area (Å²) in [5.41, 5.74) is 7.54. The first kappa shape index (κ1) is 40.7. The third-order valence-electron chi connectivity index (χ3n) is 12.5. The van der Waals surface area contributed by atoms with E-state index in [9.17, 15) is 0 Å². The van der Waals surface area contributed by atoms with Crippen LogP contribution in [0.2, 0.25) is 0 Å². The van der Waals surface area contributed by atoms with Gasteiger partial charge in [0.2, 0.25) is 0 Å². The molecular formula is C48H70O6. The fourth-order valence-corrected chi connectivity index (χ4v) is 9.55. The summed E-state index contributed by atoms with van der Waals surface area (Å²) in [6, 6.07) is 9.10. The molecule has 4 atom stereocenters. The zero-order valence-corrected chi connectivity index (χ0v) is 35.0. The van der Waals surface area contributed by atoms with Gasteiger partial charge in [-0.2, -0.15) is 0 Å². The quantitative estimate of drug-likeness (QED) is 0.106. The minimum absolute atomic E-state index is 0.208. The molecule has 0 unspecified atom stereocenters. The van der Waals surface area contributed by atoms with Gasteiger partial charge in [0.25, 0.3) is 0 Å². The van der Waals surface area contributed by atoms with Crippen molar-refractivity contribution in [3.63, 3.8) is 0 Å².